The van der Waals surface area contributed by atoms with Crippen LogP contribution >= 0.6 is 11.3 Å². The Bertz CT molecular complexity index is 664. The number of carbonyl (C=O) groups is 1. The number of carboxylic acids is 1. The van der Waals surface area contributed by atoms with E-state index in [1.807, 2.05) is 19.9 Å². The zero-order valence-corrected chi connectivity index (χ0v) is 13.2. The molecule has 5 nitrogen and oxygen atoms in total. The fourth-order valence-electron chi connectivity index (χ4n) is 1.90. The normalized spacial score (nSPS) is 10.7. The van der Waals surface area contributed by atoms with Gasteiger partial charge in [0.15, 0.2) is 17.2 Å². The number of thiazole rings is 1. The summed E-state index contributed by atoms with van der Waals surface area (Å²) in [5.74, 6) is 0.322. The maximum atomic E-state index is 11.4. The Morgan fingerprint density at radius 3 is 2.43 bits per heavy atom. The lowest BCUT2D eigenvalue weighted by Crippen LogP contribution is -2.00. The van der Waals surface area contributed by atoms with Crippen molar-refractivity contribution in [1.29, 1.82) is 0 Å². The summed E-state index contributed by atoms with van der Waals surface area (Å²) < 4.78 is 10.5. The van der Waals surface area contributed by atoms with Crippen LogP contribution in [0.15, 0.2) is 18.2 Å². The van der Waals surface area contributed by atoms with Gasteiger partial charge in [0, 0.05) is 5.92 Å². The third kappa shape index (κ3) is 3.00. The van der Waals surface area contributed by atoms with Crippen LogP contribution in [0.5, 0.6) is 11.5 Å². The summed E-state index contributed by atoms with van der Waals surface area (Å²) in [4.78, 5) is 16.3. The molecule has 0 bridgehead atoms. The Labute approximate surface area is 127 Å². The van der Waals surface area contributed by atoms with Gasteiger partial charge in [0.2, 0.25) is 0 Å². The molecule has 0 aliphatic rings. The first-order valence-electron chi connectivity index (χ1n) is 6.44. The average Bonchev–Trinajstić information content (AvgIpc) is 2.92. The van der Waals surface area contributed by atoms with Gasteiger partial charge in [-0.15, -0.1) is 11.3 Å². The quantitative estimate of drug-likeness (QED) is 0.913. The average molecular weight is 307 g/mol. The van der Waals surface area contributed by atoms with Crippen molar-refractivity contribution in [2.45, 2.75) is 19.8 Å². The number of aromatic nitrogens is 1. The Hall–Kier alpha value is -2.08. The van der Waals surface area contributed by atoms with Crippen molar-refractivity contribution >= 4 is 17.3 Å². The van der Waals surface area contributed by atoms with E-state index in [1.165, 1.54) is 11.3 Å². The first-order valence-corrected chi connectivity index (χ1v) is 7.26. The second kappa shape index (κ2) is 6.13. The SMILES string of the molecule is COc1ccc(-c2sc(C(C)C)nc2C(=O)O)cc1OC. The van der Waals surface area contributed by atoms with Gasteiger partial charge in [0.25, 0.3) is 0 Å². The highest BCUT2D eigenvalue weighted by atomic mass is 32.1. The molecule has 0 aliphatic heterocycles. The summed E-state index contributed by atoms with van der Waals surface area (Å²) in [6.45, 7) is 3.98. The van der Waals surface area contributed by atoms with E-state index in [9.17, 15) is 9.90 Å². The van der Waals surface area contributed by atoms with Crippen molar-refractivity contribution in [3.8, 4) is 21.9 Å². The van der Waals surface area contributed by atoms with E-state index in [1.54, 1.807) is 26.4 Å². The second-order valence-electron chi connectivity index (χ2n) is 4.76. The molecule has 2 rings (SSSR count). The van der Waals surface area contributed by atoms with Crippen molar-refractivity contribution in [3.05, 3.63) is 28.9 Å². The molecule has 1 N–H and O–H groups in total. The van der Waals surface area contributed by atoms with Gasteiger partial charge in [-0.25, -0.2) is 9.78 Å². The van der Waals surface area contributed by atoms with E-state index in [2.05, 4.69) is 4.98 Å². The van der Waals surface area contributed by atoms with E-state index in [4.69, 9.17) is 9.47 Å². The number of carboxylic acid groups (broad SMARTS) is 1. The molecule has 0 saturated heterocycles. The Morgan fingerprint density at radius 2 is 1.90 bits per heavy atom. The van der Waals surface area contributed by atoms with Crippen LogP contribution in [-0.4, -0.2) is 30.3 Å². The molecule has 21 heavy (non-hydrogen) atoms. The van der Waals surface area contributed by atoms with E-state index < -0.39 is 5.97 Å². The number of nitrogens with zero attached hydrogens (tertiary/aromatic N) is 1. The van der Waals surface area contributed by atoms with Gasteiger partial charge in [0.1, 0.15) is 0 Å². The smallest absolute Gasteiger partial charge is 0.356 e. The first-order chi connectivity index (χ1) is 9.97. The Kier molecular flexibility index (Phi) is 4.47. The van der Waals surface area contributed by atoms with Crippen molar-refractivity contribution < 1.29 is 19.4 Å². The van der Waals surface area contributed by atoms with Crippen LogP contribution in [0.4, 0.5) is 0 Å². The number of benzene rings is 1. The summed E-state index contributed by atoms with van der Waals surface area (Å²) in [5.41, 5.74) is 0.838. The summed E-state index contributed by atoms with van der Waals surface area (Å²) in [7, 11) is 3.11. The molecule has 1 heterocycles. The molecular weight excluding hydrogens is 290 g/mol. The number of hydrogen-bond donors (Lipinski definition) is 1. The molecule has 0 saturated carbocycles. The first kappa shape index (κ1) is 15.3. The highest BCUT2D eigenvalue weighted by Gasteiger charge is 2.21. The lowest BCUT2D eigenvalue weighted by molar-refractivity contribution is 0.0692. The highest BCUT2D eigenvalue weighted by Crippen LogP contribution is 2.38. The van der Waals surface area contributed by atoms with Crippen molar-refractivity contribution in [2.75, 3.05) is 14.2 Å². The fraction of sp³-hybridized carbons (Fsp3) is 0.333. The van der Waals surface area contributed by atoms with Gasteiger partial charge in [0.05, 0.1) is 24.1 Å². The van der Waals surface area contributed by atoms with Crippen LogP contribution in [0, 0.1) is 0 Å². The monoisotopic (exact) mass is 307 g/mol. The van der Waals surface area contributed by atoms with Gasteiger partial charge < -0.3 is 14.6 Å². The molecule has 1 aromatic carbocycles. The minimum absolute atomic E-state index is 0.0796. The summed E-state index contributed by atoms with van der Waals surface area (Å²) in [6, 6.07) is 5.34. The summed E-state index contributed by atoms with van der Waals surface area (Å²) in [5, 5.41) is 10.1. The van der Waals surface area contributed by atoms with Crippen LogP contribution < -0.4 is 9.47 Å². The van der Waals surface area contributed by atoms with Gasteiger partial charge in [-0.2, -0.15) is 0 Å². The molecule has 0 amide bonds. The van der Waals surface area contributed by atoms with Crippen molar-refractivity contribution in [3.63, 3.8) is 0 Å². The second-order valence-corrected chi connectivity index (χ2v) is 5.79. The fourth-order valence-corrected chi connectivity index (χ4v) is 2.96. The van der Waals surface area contributed by atoms with Crippen LogP contribution in [0.3, 0.4) is 0 Å². The summed E-state index contributed by atoms with van der Waals surface area (Å²) >= 11 is 1.39. The number of ether oxygens (including phenoxy) is 2. The maximum Gasteiger partial charge on any atom is 0.356 e. The van der Waals surface area contributed by atoms with Crippen LogP contribution in [-0.2, 0) is 0 Å². The van der Waals surface area contributed by atoms with E-state index in [-0.39, 0.29) is 11.6 Å². The molecule has 0 aliphatic carbocycles. The van der Waals surface area contributed by atoms with E-state index in [0.29, 0.717) is 16.4 Å². The highest BCUT2D eigenvalue weighted by molar-refractivity contribution is 7.15. The van der Waals surface area contributed by atoms with Gasteiger partial charge >= 0.3 is 5.97 Å². The number of hydrogen-bond acceptors (Lipinski definition) is 5. The van der Waals surface area contributed by atoms with Crippen LogP contribution in [0.1, 0.15) is 35.3 Å². The van der Waals surface area contributed by atoms with E-state index >= 15 is 0 Å². The van der Waals surface area contributed by atoms with E-state index in [0.717, 1.165) is 10.6 Å². The van der Waals surface area contributed by atoms with Crippen molar-refractivity contribution in [2.24, 2.45) is 0 Å². The largest absolute Gasteiger partial charge is 0.493 e. The topological polar surface area (TPSA) is 68.7 Å². The lowest BCUT2D eigenvalue weighted by atomic mass is 10.1. The third-order valence-electron chi connectivity index (χ3n) is 2.99. The standard InChI is InChI=1S/C15H17NO4S/c1-8(2)14-16-12(15(17)18)13(21-14)9-5-6-10(19-3)11(7-9)20-4/h5-8H,1-4H3,(H,17,18). The number of aromatic carboxylic acids is 1. The minimum Gasteiger partial charge on any atom is -0.493 e. The number of rotatable bonds is 5. The van der Waals surface area contributed by atoms with Crippen molar-refractivity contribution in [1.82, 2.24) is 4.98 Å². The Morgan fingerprint density at radius 1 is 1.24 bits per heavy atom. The van der Waals surface area contributed by atoms with Gasteiger partial charge in [-0.1, -0.05) is 13.8 Å². The lowest BCUT2D eigenvalue weighted by Gasteiger charge is -2.08. The molecule has 0 fully saturated rings. The zero-order valence-electron chi connectivity index (χ0n) is 12.3. The Balaban J connectivity index is 2.57. The molecule has 0 spiro atoms. The summed E-state index contributed by atoms with van der Waals surface area (Å²) in [6.07, 6.45) is 0. The number of methoxy groups -OCH3 is 2. The third-order valence-corrected chi connectivity index (χ3v) is 4.39. The molecule has 2 aromatic rings. The van der Waals surface area contributed by atoms with Crippen LogP contribution in [0.2, 0.25) is 0 Å². The molecular formula is C15H17NO4S. The van der Waals surface area contributed by atoms with Gasteiger partial charge in [-0.05, 0) is 23.8 Å². The van der Waals surface area contributed by atoms with Gasteiger partial charge in [-0.3, -0.25) is 0 Å². The molecule has 6 heteroatoms. The molecule has 0 radical (unpaired) electrons. The molecule has 0 atom stereocenters. The zero-order chi connectivity index (χ0) is 15.6. The van der Waals surface area contributed by atoms with Crippen LogP contribution in [0.25, 0.3) is 10.4 Å². The predicted octanol–water partition coefficient (Wildman–Crippen LogP) is 3.65. The minimum atomic E-state index is -1.03. The molecule has 1 aromatic heterocycles. The maximum absolute atomic E-state index is 11.4. The molecule has 112 valence electrons. The molecule has 0 unspecified atom stereocenters. The predicted molar refractivity (Wildman–Crippen MR) is 81.7 cm³/mol.